The van der Waals surface area contributed by atoms with Crippen molar-refractivity contribution >= 4 is 6.08 Å². The first-order valence-corrected chi connectivity index (χ1v) is 4.26. The Kier molecular flexibility index (Phi) is 6.12. The lowest BCUT2D eigenvalue weighted by molar-refractivity contribution is 0.546. The predicted molar refractivity (Wildman–Crippen MR) is 60.8 cm³/mol. The summed E-state index contributed by atoms with van der Waals surface area (Å²) < 4.78 is 5.06. The third-order valence-electron chi connectivity index (χ3n) is 1.63. The van der Waals surface area contributed by atoms with Crippen molar-refractivity contribution < 1.29 is 4.42 Å². The SMILES string of the molecule is C.C=C/C=C(\C=C\c1ncco1)CC. The Morgan fingerprint density at radius 1 is 1.64 bits per heavy atom. The van der Waals surface area contributed by atoms with E-state index < -0.39 is 0 Å². The van der Waals surface area contributed by atoms with E-state index in [0.717, 1.165) is 6.42 Å². The van der Waals surface area contributed by atoms with Crippen LogP contribution < -0.4 is 0 Å². The van der Waals surface area contributed by atoms with Crippen molar-refractivity contribution in [3.8, 4) is 0 Å². The molecule has 2 nitrogen and oxygen atoms in total. The van der Waals surface area contributed by atoms with Crippen LogP contribution in [0.1, 0.15) is 26.7 Å². The number of nitrogens with zero attached hydrogens (tertiary/aromatic N) is 1. The maximum atomic E-state index is 5.06. The van der Waals surface area contributed by atoms with Gasteiger partial charge >= 0.3 is 0 Å². The molecule has 0 aliphatic heterocycles. The summed E-state index contributed by atoms with van der Waals surface area (Å²) in [5, 5.41) is 0. The van der Waals surface area contributed by atoms with Crippen molar-refractivity contribution in [2.24, 2.45) is 0 Å². The second kappa shape index (κ2) is 6.89. The van der Waals surface area contributed by atoms with Gasteiger partial charge < -0.3 is 4.42 Å². The molecule has 0 spiro atoms. The fourth-order valence-electron chi connectivity index (χ4n) is 0.938. The van der Waals surface area contributed by atoms with Crippen LogP contribution in [-0.4, -0.2) is 4.98 Å². The average Bonchev–Trinajstić information content (AvgIpc) is 2.64. The highest BCUT2D eigenvalue weighted by molar-refractivity contribution is 5.44. The zero-order valence-electron chi connectivity index (χ0n) is 7.73. The number of rotatable bonds is 4. The molecule has 2 heteroatoms. The van der Waals surface area contributed by atoms with Crippen LogP contribution in [0.4, 0.5) is 0 Å². The Bertz CT molecular complexity index is 307. The normalized spacial score (nSPS) is 11.4. The van der Waals surface area contributed by atoms with Gasteiger partial charge in [-0.2, -0.15) is 0 Å². The fourth-order valence-corrected chi connectivity index (χ4v) is 0.938. The molecule has 1 rings (SSSR count). The summed E-state index contributed by atoms with van der Waals surface area (Å²) in [6.45, 7) is 5.74. The molecule has 0 saturated carbocycles. The summed E-state index contributed by atoms with van der Waals surface area (Å²) in [7, 11) is 0. The first-order chi connectivity index (χ1) is 6.36. The van der Waals surface area contributed by atoms with Crippen LogP contribution in [0.2, 0.25) is 0 Å². The predicted octanol–water partition coefficient (Wildman–Crippen LogP) is 3.85. The molecule has 0 amide bonds. The van der Waals surface area contributed by atoms with Gasteiger partial charge in [0, 0.05) is 6.08 Å². The lowest BCUT2D eigenvalue weighted by atomic mass is 10.2. The fraction of sp³-hybridized carbons (Fsp3) is 0.250. The van der Waals surface area contributed by atoms with E-state index in [2.05, 4.69) is 18.5 Å². The van der Waals surface area contributed by atoms with Gasteiger partial charge in [-0.25, -0.2) is 4.98 Å². The van der Waals surface area contributed by atoms with Gasteiger partial charge in [-0.15, -0.1) is 0 Å². The molecule has 0 aliphatic carbocycles. The summed E-state index contributed by atoms with van der Waals surface area (Å²) in [6, 6.07) is 0. The van der Waals surface area contributed by atoms with Gasteiger partial charge in [0.1, 0.15) is 6.26 Å². The Hall–Kier alpha value is -1.57. The molecule has 0 unspecified atom stereocenters. The van der Waals surface area contributed by atoms with Gasteiger partial charge in [0.2, 0.25) is 5.89 Å². The van der Waals surface area contributed by atoms with Gasteiger partial charge in [-0.05, 0) is 12.0 Å². The van der Waals surface area contributed by atoms with Crippen molar-refractivity contribution in [3.05, 3.63) is 48.7 Å². The number of allylic oxidation sites excluding steroid dienone is 4. The van der Waals surface area contributed by atoms with E-state index in [4.69, 9.17) is 4.42 Å². The molecule has 0 saturated heterocycles. The van der Waals surface area contributed by atoms with Crippen molar-refractivity contribution in [1.82, 2.24) is 4.98 Å². The molecule has 0 aromatic carbocycles. The summed E-state index contributed by atoms with van der Waals surface area (Å²) in [4.78, 5) is 3.98. The number of aromatic nitrogens is 1. The third-order valence-corrected chi connectivity index (χ3v) is 1.63. The van der Waals surface area contributed by atoms with Gasteiger partial charge in [0.15, 0.2) is 0 Å². The topological polar surface area (TPSA) is 26.0 Å². The number of oxazole rings is 1. The number of hydrogen-bond acceptors (Lipinski definition) is 2. The van der Waals surface area contributed by atoms with Crippen LogP contribution in [-0.2, 0) is 0 Å². The molecule has 1 heterocycles. The van der Waals surface area contributed by atoms with E-state index in [1.165, 1.54) is 5.57 Å². The van der Waals surface area contributed by atoms with E-state index in [-0.39, 0.29) is 7.43 Å². The van der Waals surface area contributed by atoms with E-state index in [1.807, 2.05) is 18.2 Å². The minimum Gasteiger partial charge on any atom is -0.445 e. The number of hydrogen-bond donors (Lipinski definition) is 0. The van der Waals surface area contributed by atoms with Gasteiger partial charge in [0.05, 0.1) is 6.20 Å². The van der Waals surface area contributed by atoms with E-state index in [0.29, 0.717) is 5.89 Å². The van der Waals surface area contributed by atoms with Crippen LogP contribution in [0.5, 0.6) is 0 Å². The molecule has 76 valence electrons. The summed E-state index contributed by atoms with van der Waals surface area (Å²) >= 11 is 0. The molecule has 0 atom stereocenters. The second-order valence-corrected chi connectivity index (χ2v) is 2.53. The minimum absolute atomic E-state index is 0. The zero-order valence-corrected chi connectivity index (χ0v) is 7.73. The molecular formula is C12H17NO. The lowest BCUT2D eigenvalue weighted by Gasteiger charge is -1.92. The largest absolute Gasteiger partial charge is 0.445 e. The van der Waals surface area contributed by atoms with Crippen LogP contribution in [0.3, 0.4) is 0 Å². The van der Waals surface area contributed by atoms with Crippen LogP contribution in [0.25, 0.3) is 6.08 Å². The van der Waals surface area contributed by atoms with Crippen molar-refractivity contribution in [1.29, 1.82) is 0 Å². The molecule has 0 aliphatic rings. The Morgan fingerprint density at radius 2 is 2.43 bits per heavy atom. The maximum absolute atomic E-state index is 5.06. The zero-order chi connectivity index (χ0) is 9.52. The van der Waals surface area contributed by atoms with Gasteiger partial charge in [-0.1, -0.05) is 39.2 Å². The third kappa shape index (κ3) is 3.90. The lowest BCUT2D eigenvalue weighted by Crippen LogP contribution is -1.74. The molecule has 1 aromatic rings. The maximum Gasteiger partial charge on any atom is 0.218 e. The Labute approximate surface area is 85.7 Å². The molecule has 0 N–H and O–H groups in total. The van der Waals surface area contributed by atoms with Crippen LogP contribution in [0.15, 0.2) is 47.3 Å². The highest BCUT2D eigenvalue weighted by Crippen LogP contribution is 2.06. The van der Waals surface area contributed by atoms with Gasteiger partial charge in [-0.3, -0.25) is 0 Å². The summed E-state index contributed by atoms with van der Waals surface area (Å²) in [5.41, 5.74) is 1.20. The highest BCUT2D eigenvalue weighted by atomic mass is 16.3. The van der Waals surface area contributed by atoms with Crippen molar-refractivity contribution in [2.75, 3.05) is 0 Å². The van der Waals surface area contributed by atoms with E-state index >= 15 is 0 Å². The first-order valence-electron chi connectivity index (χ1n) is 4.26. The van der Waals surface area contributed by atoms with Crippen LogP contribution in [0, 0.1) is 0 Å². The molecule has 0 bridgehead atoms. The molecule has 0 radical (unpaired) electrons. The van der Waals surface area contributed by atoms with Gasteiger partial charge in [0.25, 0.3) is 0 Å². The van der Waals surface area contributed by atoms with Crippen LogP contribution >= 0.6 is 0 Å². The standard InChI is InChI=1S/C11H13NO.CH4/c1-3-5-10(4-2)6-7-11-12-8-9-13-11;/h3,5-9H,1,4H2,2H3;1H4/b7-6+,10-5-;. The quantitative estimate of drug-likeness (QED) is 0.676. The Balaban J connectivity index is 0.00000169. The smallest absolute Gasteiger partial charge is 0.218 e. The van der Waals surface area contributed by atoms with E-state index in [1.54, 1.807) is 18.5 Å². The minimum atomic E-state index is 0. The van der Waals surface area contributed by atoms with Crippen molar-refractivity contribution in [3.63, 3.8) is 0 Å². The average molecular weight is 191 g/mol. The highest BCUT2D eigenvalue weighted by Gasteiger charge is 1.90. The summed E-state index contributed by atoms with van der Waals surface area (Å²) in [5.74, 6) is 0.628. The Morgan fingerprint density at radius 3 is 2.93 bits per heavy atom. The second-order valence-electron chi connectivity index (χ2n) is 2.53. The monoisotopic (exact) mass is 191 g/mol. The first kappa shape index (κ1) is 12.4. The van der Waals surface area contributed by atoms with Crippen molar-refractivity contribution in [2.45, 2.75) is 20.8 Å². The molecular weight excluding hydrogens is 174 g/mol. The molecule has 0 fully saturated rings. The summed E-state index contributed by atoms with van der Waals surface area (Å²) in [6.07, 6.45) is 11.7. The van der Waals surface area contributed by atoms with E-state index in [9.17, 15) is 0 Å². The molecule has 14 heavy (non-hydrogen) atoms. The molecule has 1 aromatic heterocycles.